The Balaban J connectivity index is 1.73. The largest absolute Gasteiger partial charge is 0.319 e. The molecule has 3 aromatic rings. The Bertz CT molecular complexity index is 1100. The van der Waals surface area contributed by atoms with Crippen LogP contribution in [-0.4, -0.2) is 14.3 Å². The summed E-state index contributed by atoms with van der Waals surface area (Å²) in [6.07, 6.45) is 0. The summed E-state index contributed by atoms with van der Waals surface area (Å²) in [5, 5.41) is 2.33. The molecule has 0 spiro atoms. The van der Waals surface area contributed by atoms with Crippen molar-refractivity contribution >= 4 is 27.3 Å². The van der Waals surface area contributed by atoms with E-state index < -0.39 is 27.6 Å². The van der Waals surface area contributed by atoms with E-state index in [1.165, 1.54) is 24.3 Å². The minimum absolute atomic E-state index is 0.114. The van der Waals surface area contributed by atoms with Crippen molar-refractivity contribution in [1.82, 2.24) is 0 Å². The van der Waals surface area contributed by atoms with Crippen LogP contribution >= 0.6 is 0 Å². The number of carbonyl (C=O) groups is 1. The van der Waals surface area contributed by atoms with E-state index >= 15 is 0 Å². The number of rotatable bonds is 6. The van der Waals surface area contributed by atoms with Crippen LogP contribution < -0.4 is 10.0 Å². The van der Waals surface area contributed by atoms with Crippen LogP contribution in [0.1, 0.15) is 15.9 Å². The SMILES string of the molecule is O=C(Nc1ccc(F)cc1F)c1cccc(NS(=O)(=O)Cc2ccccc2)c1. The lowest BCUT2D eigenvalue weighted by molar-refractivity contribution is 0.102. The molecule has 0 aliphatic rings. The number of carbonyl (C=O) groups excluding carboxylic acids is 1. The predicted molar refractivity (Wildman–Crippen MR) is 103 cm³/mol. The van der Waals surface area contributed by atoms with Crippen LogP contribution in [0, 0.1) is 11.6 Å². The summed E-state index contributed by atoms with van der Waals surface area (Å²) in [6, 6.07) is 17.2. The number of benzene rings is 3. The molecule has 0 unspecified atom stereocenters. The zero-order chi connectivity index (χ0) is 20.1. The van der Waals surface area contributed by atoms with Gasteiger partial charge in [0.1, 0.15) is 11.6 Å². The van der Waals surface area contributed by atoms with E-state index in [0.717, 1.165) is 12.1 Å². The van der Waals surface area contributed by atoms with Crippen molar-refractivity contribution < 1.29 is 22.0 Å². The van der Waals surface area contributed by atoms with Gasteiger partial charge in [-0.25, -0.2) is 17.2 Å². The molecule has 0 saturated carbocycles. The summed E-state index contributed by atoms with van der Waals surface area (Å²) in [4.78, 5) is 12.3. The van der Waals surface area contributed by atoms with Crippen molar-refractivity contribution in [2.45, 2.75) is 5.75 Å². The highest BCUT2D eigenvalue weighted by Crippen LogP contribution is 2.18. The zero-order valence-corrected chi connectivity index (χ0v) is 15.3. The summed E-state index contributed by atoms with van der Waals surface area (Å²) >= 11 is 0. The van der Waals surface area contributed by atoms with Crippen LogP contribution in [0.3, 0.4) is 0 Å². The molecule has 3 aromatic carbocycles. The fraction of sp³-hybridized carbons (Fsp3) is 0.0500. The van der Waals surface area contributed by atoms with Gasteiger partial charge in [0, 0.05) is 17.3 Å². The maximum absolute atomic E-state index is 13.7. The second kappa shape index (κ2) is 8.18. The highest BCUT2D eigenvalue weighted by molar-refractivity contribution is 7.91. The Kier molecular flexibility index (Phi) is 5.70. The highest BCUT2D eigenvalue weighted by atomic mass is 32.2. The normalized spacial score (nSPS) is 11.1. The van der Waals surface area contributed by atoms with Gasteiger partial charge in [-0.3, -0.25) is 9.52 Å². The van der Waals surface area contributed by atoms with Crippen LogP contribution in [-0.2, 0) is 15.8 Å². The summed E-state index contributed by atoms with van der Waals surface area (Å²) in [5.41, 5.74) is 0.754. The Morgan fingerprint density at radius 2 is 1.64 bits per heavy atom. The molecule has 8 heteroatoms. The van der Waals surface area contributed by atoms with Gasteiger partial charge in [-0.2, -0.15) is 0 Å². The molecule has 1 amide bonds. The highest BCUT2D eigenvalue weighted by Gasteiger charge is 2.14. The number of halogens is 2. The Morgan fingerprint density at radius 3 is 2.36 bits per heavy atom. The number of anilines is 2. The topological polar surface area (TPSA) is 75.3 Å². The third-order valence-electron chi connectivity index (χ3n) is 3.78. The lowest BCUT2D eigenvalue weighted by Crippen LogP contribution is -2.16. The van der Waals surface area contributed by atoms with Gasteiger partial charge in [-0.15, -0.1) is 0 Å². The molecule has 5 nitrogen and oxygen atoms in total. The van der Waals surface area contributed by atoms with Gasteiger partial charge in [0.05, 0.1) is 11.4 Å². The van der Waals surface area contributed by atoms with Gasteiger partial charge >= 0.3 is 0 Å². The molecule has 0 radical (unpaired) electrons. The minimum Gasteiger partial charge on any atom is -0.319 e. The Morgan fingerprint density at radius 1 is 0.893 bits per heavy atom. The molecule has 0 bridgehead atoms. The van der Waals surface area contributed by atoms with E-state index in [0.29, 0.717) is 11.6 Å². The molecule has 144 valence electrons. The lowest BCUT2D eigenvalue weighted by atomic mass is 10.2. The van der Waals surface area contributed by atoms with Crippen molar-refractivity contribution in [3.8, 4) is 0 Å². The summed E-state index contributed by atoms with van der Waals surface area (Å²) in [7, 11) is -3.68. The predicted octanol–water partition coefficient (Wildman–Crippen LogP) is 4.16. The first-order valence-corrected chi connectivity index (χ1v) is 9.88. The molecule has 0 fully saturated rings. The van der Waals surface area contributed by atoms with Gasteiger partial charge in [0.2, 0.25) is 10.0 Å². The number of sulfonamides is 1. The minimum atomic E-state index is -3.68. The number of nitrogens with one attached hydrogen (secondary N) is 2. The quantitative estimate of drug-likeness (QED) is 0.650. The standard InChI is InChI=1S/C20H16F2N2O3S/c21-16-9-10-19(18(22)12-16)23-20(25)15-7-4-8-17(11-15)24-28(26,27)13-14-5-2-1-3-6-14/h1-12,24H,13H2,(H,23,25). The Hall–Kier alpha value is -3.26. The molecule has 0 saturated heterocycles. The third kappa shape index (κ3) is 5.14. The molecule has 0 atom stereocenters. The summed E-state index contributed by atoms with van der Waals surface area (Å²) < 4.78 is 53.7. The fourth-order valence-electron chi connectivity index (χ4n) is 2.52. The van der Waals surface area contributed by atoms with Gasteiger partial charge < -0.3 is 5.32 Å². The van der Waals surface area contributed by atoms with Crippen molar-refractivity contribution in [3.63, 3.8) is 0 Å². The second-order valence-electron chi connectivity index (χ2n) is 6.01. The van der Waals surface area contributed by atoms with Crippen molar-refractivity contribution in [3.05, 3.63) is 95.6 Å². The number of hydrogen-bond acceptors (Lipinski definition) is 3. The molecular formula is C20H16F2N2O3S. The molecule has 0 aromatic heterocycles. The molecule has 0 heterocycles. The van der Waals surface area contributed by atoms with E-state index in [-0.39, 0.29) is 22.7 Å². The van der Waals surface area contributed by atoms with E-state index in [2.05, 4.69) is 10.0 Å². The summed E-state index contributed by atoms with van der Waals surface area (Å²) in [5.74, 6) is -2.54. The van der Waals surface area contributed by atoms with E-state index in [1.807, 2.05) is 0 Å². The molecule has 0 aliphatic carbocycles. The summed E-state index contributed by atoms with van der Waals surface area (Å²) in [6.45, 7) is 0. The fourth-order valence-corrected chi connectivity index (χ4v) is 3.71. The van der Waals surface area contributed by atoms with Crippen molar-refractivity contribution in [2.24, 2.45) is 0 Å². The monoisotopic (exact) mass is 402 g/mol. The second-order valence-corrected chi connectivity index (χ2v) is 7.73. The van der Waals surface area contributed by atoms with Gasteiger partial charge in [0.15, 0.2) is 0 Å². The smallest absolute Gasteiger partial charge is 0.255 e. The number of hydrogen-bond donors (Lipinski definition) is 2. The first-order valence-electron chi connectivity index (χ1n) is 8.23. The molecule has 3 rings (SSSR count). The molecular weight excluding hydrogens is 386 g/mol. The molecule has 2 N–H and O–H groups in total. The maximum Gasteiger partial charge on any atom is 0.255 e. The first-order chi connectivity index (χ1) is 13.3. The first kappa shape index (κ1) is 19.5. The van der Waals surface area contributed by atoms with Crippen LogP contribution in [0.4, 0.5) is 20.2 Å². The van der Waals surface area contributed by atoms with E-state index in [9.17, 15) is 22.0 Å². The third-order valence-corrected chi connectivity index (χ3v) is 5.04. The van der Waals surface area contributed by atoms with Crippen molar-refractivity contribution in [1.29, 1.82) is 0 Å². The van der Waals surface area contributed by atoms with Crippen LogP contribution in [0.25, 0.3) is 0 Å². The van der Waals surface area contributed by atoms with Crippen LogP contribution in [0.5, 0.6) is 0 Å². The van der Waals surface area contributed by atoms with Crippen LogP contribution in [0.2, 0.25) is 0 Å². The van der Waals surface area contributed by atoms with Gasteiger partial charge in [-0.1, -0.05) is 36.4 Å². The average Bonchev–Trinajstić information content (AvgIpc) is 2.64. The molecule has 28 heavy (non-hydrogen) atoms. The lowest BCUT2D eigenvalue weighted by Gasteiger charge is -2.10. The Labute approximate surface area is 161 Å². The van der Waals surface area contributed by atoms with Crippen LogP contribution in [0.15, 0.2) is 72.8 Å². The van der Waals surface area contributed by atoms with E-state index in [4.69, 9.17) is 0 Å². The zero-order valence-electron chi connectivity index (χ0n) is 14.5. The molecule has 0 aliphatic heterocycles. The maximum atomic E-state index is 13.7. The van der Waals surface area contributed by atoms with Gasteiger partial charge in [-0.05, 0) is 35.9 Å². The van der Waals surface area contributed by atoms with Gasteiger partial charge in [0.25, 0.3) is 5.91 Å². The van der Waals surface area contributed by atoms with E-state index in [1.54, 1.807) is 30.3 Å². The number of amides is 1. The van der Waals surface area contributed by atoms with Crippen molar-refractivity contribution in [2.75, 3.05) is 10.0 Å². The average molecular weight is 402 g/mol.